The Morgan fingerprint density at radius 3 is 2.39 bits per heavy atom. The Labute approximate surface area is 105 Å². The minimum atomic E-state index is -1.28. The quantitative estimate of drug-likeness (QED) is 0.890. The monoisotopic (exact) mass is 242 g/mol. The summed E-state index contributed by atoms with van der Waals surface area (Å²) in [6, 6.07) is 14.3. The van der Waals surface area contributed by atoms with Crippen molar-refractivity contribution < 1.29 is 9.53 Å². The third kappa shape index (κ3) is 2.32. The molecule has 0 spiro atoms. The number of pyridine rings is 1. The number of carbonyl (C=O) groups is 1. The molecule has 1 unspecified atom stereocenters. The lowest BCUT2D eigenvalue weighted by Crippen LogP contribution is -2.44. The Hall–Kier alpha value is -2.36. The minimum Gasteiger partial charge on any atom is -0.471 e. The predicted molar refractivity (Wildman–Crippen MR) is 67.9 cm³/mol. The van der Waals surface area contributed by atoms with Crippen LogP contribution in [0.1, 0.15) is 12.6 Å². The Balaban J connectivity index is 2.37. The summed E-state index contributed by atoms with van der Waals surface area (Å²) in [7, 11) is 0. The minimum absolute atomic E-state index is 0.487. The summed E-state index contributed by atoms with van der Waals surface area (Å²) in [6.45, 7) is 1.62. The number of nitrogens with zero attached hydrogens (tertiary/aromatic N) is 1. The summed E-state index contributed by atoms with van der Waals surface area (Å²) in [5.74, 6) is -0.00509. The van der Waals surface area contributed by atoms with Gasteiger partial charge in [0.05, 0.1) is 5.69 Å². The van der Waals surface area contributed by atoms with E-state index in [1.165, 1.54) is 0 Å². The van der Waals surface area contributed by atoms with Crippen LogP contribution in [0.5, 0.6) is 5.75 Å². The van der Waals surface area contributed by atoms with Gasteiger partial charge in [0.25, 0.3) is 5.91 Å². The van der Waals surface area contributed by atoms with Crippen LogP contribution in [0.15, 0.2) is 54.7 Å². The number of benzene rings is 1. The van der Waals surface area contributed by atoms with Gasteiger partial charge in [0.1, 0.15) is 5.75 Å². The first-order valence-corrected chi connectivity index (χ1v) is 5.58. The van der Waals surface area contributed by atoms with Crippen LogP contribution in [0.3, 0.4) is 0 Å². The number of aromatic nitrogens is 1. The van der Waals surface area contributed by atoms with Crippen LogP contribution in [-0.2, 0) is 10.4 Å². The number of carbonyl (C=O) groups excluding carboxylic acids is 1. The van der Waals surface area contributed by atoms with Crippen molar-refractivity contribution in [1.29, 1.82) is 0 Å². The molecule has 0 fully saturated rings. The lowest BCUT2D eigenvalue weighted by atomic mass is 10.0. The number of amides is 1. The molecule has 4 heteroatoms. The topological polar surface area (TPSA) is 65.2 Å². The number of para-hydroxylation sites is 1. The van der Waals surface area contributed by atoms with E-state index in [9.17, 15) is 4.79 Å². The second-order valence-electron chi connectivity index (χ2n) is 4.03. The van der Waals surface area contributed by atoms with Crippen LogP contribution in [0, 0.1) is 0 Å². The first-order chi connectivity index (χ1) is 8.63. The molecule has 0 bridgehead atoms. The first kappa shape index (κ1) is 12.1. The van der Waals surface area contributed by atoms with Gasteiger partial charge in [-0.05, 0) is 31.2 Å². The van der Waals surface area contributed by atoms with Crippen molar-refractivity contribution >= 4 is 5.91 Å². The van der Waals surface area contributed by atoms with Crippen molar-refractivity contribution in [2.24, 2.45) is 5.73 Å². The van der Waals surface area contributed by atoms with E-state index in [1.54, 1.807) is 43.5 Å². The fourth-order valence-electron chi connectivity index (χ4n) is 1.60. The van der Waals surface area contributed by atoms with Crippen molar-refractivity contribution in [2.75, 3.05) is 0 Å². The van der Waals surface area contributed by atoms with Gasteiger partial charge in [-0.1, -0.05) is 24.3 Å². The molecular weight excluding hydrogens is 228 g/mol. The number of rotatable bonds is 4. The molecule has 1 aromatic carbocycles. The molecule has 1 heterocycles. The van der Waals surface area contributed by atoms with Crippen molar-refractivity contribution in [3.8, 4) is 5.75 Å². The highest BCUT2D eigenvalue weighted by Gasteiger charge is 2.37. The van der Waals surface area contributed by atoms with Crippen molar-refractivity contribution in [1.82, 2.24) is 4.98 Å². The Morgan fingerprint density at radius 1 is 1.17 bits per heavy atom. The van der Waals surface area contributed by atoms with Crippen LogP contribution in [0.2, 0.25) is 0 Å². The lowest BCUT2D eigenvalue weighted by Gasteiger charge is -2.26. The molecule has 1 aromatic heterocycles. The third-order valence-corrected chi connectivity index (χ3v) is 2.69. The Morgan fingerprint density at radius 2 is 1.83 bits per heavy atom. The first-order valence-electron chi connectivity index (χ1n) is 5.58. The molecule has 0 saturated carbocycles. The van der Waals surface area contributed by atoms with E-state index in [1.807, 2.05) is 18.2 Å². The average Bonchev–Trinajstić information content (AvgIpc) is 2.40. The standard InChI is InChI=1S/C14H14N2O2/c1-14(13(15)17,12-9-5-6-10-16-12)18-11-7-3-2-4-8-11/h2-10H,1H3,(H2,15,17). The highest BCUT2D eigenvalue weighted by molar-refractivity contribution is 5.84. The molecule has 2 rings (SSSR count). The number of hydrogen-bond donors (Lipinski definition) is 1. The summed E-state index contributed by atoms with van der Waals surface area (Å²) in [5, 5.41) is 0. The number of ether oxygens (including phenoxy) is 1. The third-order valence-electron chi connectivity index (χ3n) is 2.69. The van der Waals surface area contributed by atoms with Crippen molar-refractivity contribution in [2.45, 2.75) is 12.5 Å². The molecule has 0 aliphatic heterocycles. The molecule has 18 heavy (non-hydrogen) atoms. The van der Waals surface area contributed by atoms with Gasteiger partial charge in [-0.3, -0.25) is 9.78 Å². The van der Waals surface area contributed by atoms with E-state index in [0.717, 1.165) is 0 Å². The fraction of sp³-hybridized carbons (Fsp3) is 0.143. The molecule has 92 valence electrons. The van der Waals surface area contributed by atoms with Gasteiger partial charge >= 0.3 is 0 Å². The van der Waals surface area contributed by atoms with Crippen molar-refractivity contribution in [3.05, 3.63) is 60.4 Å². The summed E-state index contributed by atoms with van der Waals surface area (Å²) < 4.78 is 5.71. The molecule has 2 N–H and O–H groups in total. The maximum Gasteiger partial charge on any atom is 0.267 e. The van der Waals surface area contributed by atoms with E-state index in [4.69, 9.17) is 10.5 Å². The van der Waals surface area contributed by atoms with Crippen LogP contribution < -0.4 is 10.5 Å². The molecule has 2 aromatic rings. The van der Waals surface area contributed by atoms with Crippen molar-refractivity contribution in [3.63, 3.8) is 0 Å². The van der Waals surface area contributed by atoms with Crippen LogP contribution >= 0.6 is 0 Å². The molecule has 1 amide bonds. The smallest absolute Gasteiger partial charge is 0.267 e. The van der Waals surface area contributed by atoms with Gasteiger partial charge in [0, 0.05) is 6.20 Å². The highest BCUT2D eigenvalue weighted by atomic mass is 16.5. The maximum atomic E-state index is 11.7. The van der Waals surface area contributed by atoms with Gasteiger partial charge in [-0.25, -0.2) is 0 Å². The summed E-state index contributed by atoms with van der Waals surface area (Å²) in [6.07, 6.45) is 1.60. The number of nitrogens with two attached hydrogens (primary N) is 1. The average molecular weight is 242 g/mol. The summed E-state index contributed by atoms with van der Waals surface area (Å²) in [5.41, 5.74) is 4.66. The SMILES string of the molecule is CC(Oc1ccccc1)(C(N)=O)c1ccccn1. The molecular formula is C14H14N2O2. The Kier molecular flexibility index (Phi) is 3.28. The molecule has 4 nitrogen and oxygen atoms in total. The van der Waals surface area contributed by atoms with Crippen LogP contribution in [0.25, 0.3) is 0 Å². The zero-order valence-corrected chi connectivity index (χ0v) is 10.0. The van der Waals surface area contributed by atoms with E-state index in [2.05, 4.69) is 4.98 Å². The fourth-order valence-corrected chi connectivity index (χ4v) is 1.60. The van der Waals surface area contributed by atoms with E-state index in [0.29, 0.717) is 11.4 Å². The lowest BCUT2D eigenvalue weighted by molar-refractivity contribution is -0.133. The zero-order valence-electron chi connectivity index (χ0n) is 10.0. The largest absolute Gasteiger partial charge is 0.471 e. The summed E-state index contributed by atoms with van der Waals surface area (Å²) >= 11 is 0. The van der Waals surface area contributed by atoms with Gasteiger partial charge in [-0.2, -0.15) is 0 Å². The van der Waals surface area contributed by atoms with E-state index < -0.39 is 11.5 Å². The molecule has 0 saturated heterocycles. The Bertz CT molecular complexity index is 528. The van der Waals surface area contributed by atoms with Gasteiger partial charge < -0.3 is 10.5 Å². The van der Waals surface area contributed by atoms with E-state index >= 15 is 0 Å². The second-order valence-corrected chi connectivity index (χ2v) is 4.03. The second kappa shape index (κ2) is 4.87. The zero-order chi connectivity index (χ0) is 13.0. The van der Waals surface area contributed by atoms with Crippen LogP contribution in [-0.4, -0.2) is 10.9 Å². The molecule has 1 atom stereocenters. The maximum absolute atomic E-state index is 11.7. The number of hydrogen-bond acceptors (Lipinski definition) is 3. The van der Waals surface area contributed by atoms with Crippen LogP contribution in [0.4, 0.5) is 0 Å². The normalized spacial score (nSPS) is 13.6. The molecule has 0 radical (unpaired) electrons. The summed E-state index contributed by atoms with van der Waals surface area (Å²) in [4.78, 5) is 15.8. The number of primary amides is 1. The predicted octanol–water partition coefficient (Wildman–Crippen LogP) is 1.86. The van der Waals surface area contributed by atoms with E-state index in [-0.39, 0.29) is 0 Å². The van der Waals surface area contributed by atoms with Gasteiger partial charge in [0.2, 0.25) is 5.60 Å². The van der Waals surface area contributed by atoms with Gasteiger partial charge in [0.15, 0.2) is 0 Å². The molecule has 0 aliphatic carbocycles. The molecule has 0 aliphatic rings. The van der Waals surface area contributed by atoms with Gasteiger partial charge in [-0.15, -0.1) is 0 Å². The highest BCUT2D eigenvalue weighted by Crippen LogP contribution is 2.26.